The molecule has 0 saturated heterocycles. The number of hydrogen-bond donors (Lipinski definition) is 0. The van der Waals surface area contributed by atoms with Crippen molar-refractivity contribution in [2.24, 2.45) is 0 Å². The van der Waals surface area contributed by atoms with Crippen LogP contribution in [0.15, 0.2) is 6.07 Å². The lowest BCUT2D eigenvalue weighted by molar-refractivity contribution is -0.277. The predicted molar refractivity (Wildman–Crippen MR) is 56.0 cm³/mol. The minimum absolute atomic E-state index is 0.0636. The van der Waals surface area contributed by atoms with Crippen molar-refractivity contribution in [2.75, 3.05) is 6.61 Å². The van der Waals surface area contributed by atoms with Crippen LogP contribution in [0.3, 0.4) is 0 Å². The zero-order valence-electron chi connectivity index (χ0n) is 10.2. The highest BCUT2D eigenvalue weighted by atomic mass is 19.4. The Morgan fingerprint density at radius 1 is 1.42 bits per heavy atom. The number of aryl methyl sites for hydroxylation is 1. The first kappa shape index (κ1) is 15.2. The van der Waals surface area contributed by atoms with E-state index in [1.165, 1.54) is 6.92 Å². The van der Waals surface area contributed by atoms with E-state index in [1.807, 2.05) is 0 Å². The molecule has 1 heterocycles. The third kappa shape index (κ3) is 4.72. The fourth-order valence-corrected chi connectivity index (χ4v) is 1.32. The monoisotopic (exact) mass is 281 g/mol. The maximum atomic E-state index is 13.4. The number of halogens is 4. The normalized spacial score (nSPS) is 11.3. The lowest BCUT2D eigenvalue weighted by atomic mass is 10.1. The molecule has 0 aliphatic carbocycles. The molecule has 0 aliphatic heterocycles. The molecule has 1 aromatic heterocycles. The molecule has 106 valence electrons. The van der Waals surface area contributed by atoms with Crippen molar-refractivity contribution in [1.82, 2.24) is 4.98 Å². The first-order valence-corrected chi connectivity index (χ1v) is 5.30. The van der Waals surface area contributed by atoms with Gasteiger partial charge in [0.2, 0.25) is 0 Å². The smallest absolute Gasteiger partial charge is 0.466 e. The second-order valence-corrected chi connectivity index (χ2v) is 3.55. The second kappa shape index (κ2) is 5.85. The number of hydrogen-bond acceptors (Lipinski definition) is 4. The highest BCUT2D eigenvalue weighted by Gasteiger charge is 2.33. The van der Waals surface area contributed by atoms with Gasteiger partial charge in [-0.2, -0.15) is 0 Å². The zero-order chi connectivity index (χ0) is 14.6. The molecule has 0 bridgehead atoms. The Morgan fingerprint density at radius 3 is 2.58 bits per heavy atom. The number of pyridine rings is 1. The number of esters is 1. The van der Waals surface area contributed by atoms with Crippen LogP contribution in [0.25, 0.3) is 0 Å². The lowest BCUT2D eigenvalue weighted by Crippen LogP contribution is -2.19. The summed E-state index contributed by atoms with van der Waals surface area (Å²) in [5.41, 5.74) is 0.208. The summed E-state index contributed by atoms with van der Waals surface area (Å²) in [6.07, 6.45) is -5.29. The van der Waals surface area contributed by atoms with Gasteiger partial charge in [-0.3, -0.25) is 4.79 Å². The predicted octanol–water partition coefficient (Wildman–Crippen LogP) is 2.53. The molecule has 0 spiro atoms. The van der Waals surface area contributed by atoms with E-state index in [1.54, 1.807) is 6.92 Å². The Balaban J connectivity index is 2.94. The van der Waals surface area contributed by atoms with Gasteiger partial charge in [0, 0.05) is 5.69 Å². The van der Waals surface area contributed by atoms with Gasteiger partial charge >= 0.3 is 12.3 Å². The summed E-state index contributed by atoms with van der Waals surface area (Å²) in [6.45, 7) is 3.10. The number of ether oxygens (including phenoxy) is 2. The van der Waals surface area contributed by atoms with E-state index in [4.69, 9.17) is 0 Å². The fourth-order valence-electron chi connectivity index (χ4n) is 1.32. The molecule has 0 radical (unpaired) electrons. The van der Waals surface area contributed by atoms with Gasteiger partial charge in [0.05, 0.1) is 13.0 Å². The SMILES string of the molecule is CCOC(=O)Cc1cc(F)c(OC(F)(F)F)nc1C. The van der Waals surface area contributed by atoms with E-state index in [-0.39, 0.29) is 24.3 Å². The van der Waals surface area contributed by atoms with Gasteiger partial charge in [-0.25, -0.2) is 9.37 Å². The number of carbonyl (C=O) groups excluding carboxylic acids is 1. The summed E-state index contributed by atoms with van der Waals surface area (Å²) in [5.74, 6) is -3.07. The molecule has 0 aliphatic rings. The zero-order valence-corrected chi connectivity index (χ0v) is 10.2. The van der Waals surface area contributed by atoms with Crippen LogP contribution >= 0.6 is 0 Å². The lowest BCUT2D eigenvalue weighted by Gasteiger charge is -2.11. The number of aromatic nitrogens is 1. The van der Waals surface area contributed by atoms with Gasteiger partial charge < -0.3 is 9.47 Å². The third-order valence-corrected chi connectivity index (χ3v) is 2.09. The van der Waals surface area contributed by atoms with E-state index >= 15 is 0 Å². The molecule has 1 aromatic rings. The van der Waals surface area contributed by atoms with Crippen LogP contribution in [0.4, 0.5) is 17.6 Å². The Hall–Kier alpha value is -1.86. The van der Waals surface area contributed by atoms with Gasteiger partial charge in [0.1, 0.15) is 0 Å². The van der Waals surface area contributed by atoms with Crippen LogP contribution in [-0.2, 0) is 16.0 Å². The highest BCUT2D eigenvalue weighted by molar-refractivity contribution is 5.72. The Kier molecular flexibility index (Phi) is 4.68. The summed E-state index contributed by atoms with van der Waals surface area (Å²) in [4.78, 5) is 14.6. The van der Waals surface area contributed by atoms with Crippen molar-refractivity contribution >= 4 is 5.97 Å². The van der Waals surface area contributed by atoms with Crippen molar-refractivity contribution in [3.63, 3.8) is 0 Å². The third-order valence-electron chi connectivity index (χ3n) is 2.09. The van der Waals surface area contributed by atoms with Gasteiger partial charge in [0.15, 0.2) is 5.82 Å². The Bertz CT molecular complexity index is 474. The molecule has 8 heteroatoms. The summed E-state index contributed by atoms with van der Waals surface area (Å²) in [6, 6.07) is 0.778. The topological polar surface area (TPSA) is 48.4 Å². The van der Waals surface area contributed by atoms with E-state index in [0.717, 1.165) is 6.07 Å². The molecular weight excluding hydrogens is 270 g/mol. The van der Waals surface area contributed by atoms with E-state index in [0.29, 0.717) is 0 Å². The molecule has 19 heavy (non-hydrogen) atoms. The van der Waals surface area contributed by atoms with E-state index < -0.39 is 24.0 Å². The van der Waals surface area contributed by atoms with Crippen LogP contribution < -0.4 is 4.74 Å². The number of nitrogens with zero attached hydrogens (tertiary/aromatic N) is 1. The number of rotatable bonds is 4. The average Bonchev–Trinajstić information content (AvgIpc) is 2.23. The van der Waals surface area contributed by atoms with Crippen LogP contribution in [0.1, 0.15) is 18.2 Å². The molecule has 4 nitrogen and oxygen atoms in total. The molecule has 0 unspecified atom stereocenters. The standard InChI is InChI=1S/C11H11F4NO3/c1-3-18-9(17)5-7-4-8(12)10(16-6(7)2)19-11(13,14)15/h4H,3,5H2,1-2H3. The Labute approximate surface area is 106 Å². The maximum Gasteiger partial charge on any atom is 0.574 e. The molecule has 0 saturated carbocycles. The first-order chi connectivity index (χ1) is 8.73. The second-order valence-electron chi connectivity index (χ2n) is 3.55. The quantitative estimate of drug-likeness (QED) is 0.628. The molecular formula is C11H11F4NO3. The number of carbonyl (C=O) groups is 1. The van der Waals surface area contributed by atoms with E-state index in [2.05, 4.69) is 14.5 Å². The average molecular weight is 281 g/mol. The van der Waals surface area contributed by atoms with Crippen LogP contribution in [-0.4, -0.2) is 23.9 Å². The number of alkyl halides is 3. The summed E-state index contributed by atoms with van der Waals surface area (Å²) in [7, 11) is 0. The molecule has 0 amide bonds. The van der Waals surface area contributed by atoms with Crippen LogP contribution in [0.2, 0.25) is 0 Å². The minimum Gasteiger partial charge on any atom is -0.466 e. The molecule has 1 rings (SSSR count). The van der Waals surface area contributed by atoms with Gasteiger partial charge in [-0.05, 0) is 25.5 Å². The van der Waals surface area contributed by atoms with Crippen LogP contribution in [0.5, 0.6) is 5.88 Å². The largest absolute Gasteiger partial charge is 0.574 e. The summed E-state index contributed by atoms with van der Waals surface area (Å²) < 4.78 is 57.3. The van der Waals surface area contributed by atoms with Crippen molar-refractivity contribution in [1.29, 1.82) is 0 Å². The van der Waals surface area contributed by atoms with Crippen molar-refractivity contribution in [3.8, 4) is 5.88 Å². The molecule has 0 N–H and O–H groups in total. The van der Waals surface area contributed by atoms with Crippen LogP contribution in [0, 0.1) is 12.7 Å². The maximum absolute atomic E-state index is 13.4. The van der Waals surface area contributed by atoms with Gasteiger partial charge in [-0.1, -0.05) is 0 Å². The van der Waals surface area contributed by atoms with Crippen molar-refractivity contribution < 1.29 is 31.8 Å². The molecule has 0 atom stereocenters. The van der Waals surface area contributed by atoms with Gasteiger partial charge in [-0.15, -0.1) is 13.2 Å². The highest BCUT2D eigenvalue weighted by Crippen LogP contribution is 2.25. The minimum atomic E-state index is -5.02. The fraction of sp³-hybridized carbons (Fsp3) is 0.455. The molecule has 0 fully saturated rings. The van der Waals surface area contributed by atoms with Crippen molar-refractivity contribution in [2.45, 2.75) is 26.6 Å². The summed E-state index contributed by atoms with van der Waals surface area (Å²) in [5, 5.41) is 0. The van der Waals surface area contributed by atoms with E-state index in [9.17, 15) is 22.4 Å². The van der Waals surface area contributed by atoms with Crippen molar-refractivity contribution in [3.05, 3.63) is 23.1 Å². The van der Waals surface area contributed by atoms with Gasteiger partial charge in [0.25, 0.3) is 5.88 Å². The summed E-state index contributed by atoms with van der Waals surface area (Å²) >= 11 is 0. The first-order valence-electron chi connectivity index (χ1n) is 5.30. The molecule has 0 aromatic carbocycles. The Morgan fingerprint density at radius 2 is 2.05 bits per heavy atom.